The second-order valence-corrected chi connectivity index (χ2v) is 7.36. The smallest absolute Gasteiger partial charge is 0.240 e. The SMILES string of the molecule is Cc1cc(S(=O)(=O)NC2CC(C)C2)ccc1C#CCCO. The maximum absolute atomic E-state index is 12.3. The largest absolute Gasteiger partial charge is 0.395 e. The van der Waals surface area contributed by atoms with Gasteiger partial charge in [-0.2, -0.15) is 0 Å². The standard InChI is InChI=1S/C16H21NO3S/c1-12-9-15(10-12)17-21(19,20)16-7-6-14(13(2)11-16)5-3-4-8-18/h6-7,11-12,15,17-18H,4,8-10H2,1-2H3. The molecule has 1 saturated carbocycles. The van der Waals surface area contributed by atoms with E-state index in [2.05, 4.69) is 23.5 Å². The van der Waals surface area contributed by atoms with Crippen LogP contribution in [-0.4, -0.2) is 26.2 Å². The quantitative estimate of drug-likeness (QED) is 0.834. The number of aliphatic hydroxyl groups excluding tert-OH is 1. The molecule has 1 aromatic rings. The first kappa shape index (κ1) is 16.0. The highest BCUT2D eigenvalue weighted by molar-refractivity contribution is 7.89. The van der Waals surface area contributed by atoms with Gasteiger partial charge < -0.3 is 5.11 Å². The molecule has 1 fully saturated rings. The number of hydrogen-bond donors (Lipinski definition) is 2. The average molecular weight is 307 g/mol. The van der Waals surface area contributed by atoms with Crippen molar-refractivity contribution in [1.82, 2.24) is 4.72 Å². The zero-order valence-corrected chi connectivity index (χ0v) is 13.2. The number of sulfonamides is 1. The number of benzene rings is 1. The molecule has 0 bridgehead atoms. The number of aryl methyl sites for hydroxylation is 1. The van der Waals surface area contributed by atoms with E-state index in [1.54, 1.807) is 18.2 Å². The first-order valence-electron chi connectivity index (χ1n) is 7.15. The topological polar surface area (TPSA) is 66.4 Å². The van der Waals surface area contributed by atoms with Gasteiger partial charge in [0, 0.05) is 18.0 Å². The third-order valence-electron chi connectivity index (χ3n) is 3.66. The summed E-state index contributed by atoms with van der Waals surface area (Å²) in [6, 6.07) is 5.01. The maximum Gasteiger partial charge on any atom is 0.240 e. The van der Waals surface area contributed by atoms with Crippen molar-refractivity contribution in [3.63, 3.8) is 0 Å². The summed E-state index contributed by atoms with van der Waals surface area (Å²) in [4.78, 5) is 0.285. The van der Waals surface area contributed by atoms with Gasteiger partial charge in [-0.25, -0.2) is 13.1 Å². The molecule has 0 radical (unpaired) electrons. The average Bonchev–Trinajstić information content (AvgIpc) is 2.38. The number of rotatable bonds is 4. The summed E-state index contributed by atoms with van der Waals surface area (Å²) in [6.45, 7) is 3.99. The minimum absolute atomic E-state index is 0.0300. The molecule has 1 aliphatic carbocycles. The van der Waals surface area contributed by atoms with Gasteiger partial charge in [0.1, 0.15) is 0 Å². The Bertz CT molecular complexity index is 664. The van der Waals surface area contributed by atoms with Crippen LogP contribution in [-0.2, 0) is 10.0 Å². The van der Waals surface area contributed by atoms with Gasteiger partial charge >= 0.3 is 0 Å². The summed E-state index contributed by atoms with van der Waals surface area (Å²) in [7, 11) is -3.45. The van der Waals surface area contributed by atoms with E-state index in [1.807, 2.05) is 6.92 Å². The molecule has 5 heteroatoms. The van der Waals surface area contributed by atoms with Crippen molar-refractivity contribution < 1.29 is 13.5 Å². The third kappa shape index (κ3) is 4.07. The highest BCUT2D eigenvalue weighted by Gasteiger charge is 2.29. The lowest BCUT2D eigenvalue weighted by Gasteiger charge is -2.32. The van der Waals surface area contributed by atoms with E-state index in [0.717, 1.165) is 24.0 Å². The molecule has 0 aromatic heterocycles. The van der Waals surface area contributed by atoms with Gasteiger partial charge in [0.2, 0.25) is 10.0 Å². The summed E-state index contributed by atoms with van der Waals surface area (Å²) >= 11 is 0. The lowest BCUT2D eigenvalue weighted by Crippen LogP contribution is -2.43. The molecule has 0 amide bonds. The van der Waals surface area contributed by atoms with Crippen molar-refractivity contribution >= 4 is 10.0 Å². The zero-order chi connectivity index (χ0) is 15.5. The molecule has 1 aliphatic rings. The molecule has 2 rings (SSSR count). The summed E-state index contributed by atoms with van der Waals surface area (Å²) < 4.78 is 27.3. The molecular weight excluding hydrogens is 286 g/mol. The molecule has 0 spiro atoms. The Kier molecular flexibility index (Phi) is 5.04. The van der Waals surface area contributed by atoms with Crippen molar-refractivity contribution in [2.75, 3.05) is 6.61 Å². The molecule has 2 N–H and O–H groups in total. The van der Waals surface area contributed by atoms with E-state index < -0.39 is 10.0 Å². The normalized spacial score (nSPS) is 21.3. The number of nitrogens with one attached hydrogen (secondary N) is 1. The third-order valence-corrected chi connectivity index (χ3v) is 5.18. The molecule has 0 saturated heterocycles. The molecular formula is C16H21NO3S. The van der Waals surface area contributed by atoms with Gasteiger partial charge in [-0.15, -0.1) is 0 Å². The molecule has 0 aliphatic heterocycles. The Hall–Kier alpha value is -1.35. The summed E-state index contributed by atoms with van der Waals surface area (Å²) in [6.07, 6.45) is 2.23. The van der Waals surface area contributed by atoms with Gasteiger partial charge in [0.25, 0.3) is 0 Å². The monoisotopic (exact) mass is 307 g/mol. The van der Waals surface area contributed by atoms with E-state index >= 15 is 0 Å². The van der Waals surface area contributed by atoms with Gasteiger partial charge in [-0.3, -0.25) is 0 Å². The predicted octanol–water partition coefficient (Wildman–Crippen LogP) is 1.81. The Morgan fingerprint density at radius 3 is 2.67 bits per heavy atom. The van der Waals surface area contributed by atoms with Gasteiger partial charge in [0.05, 0.1) is 11.5 Å². The first-order valence-corrected chi connectivity index (χ1v) is 8.63. The van der Waals surface area contributed by atoms with E-state index in [1.165, 1.54) is 0 Å². The van der Waals surface area contributed by atoms with Gasteiger partial charge in [0.15, 0.2) is 0 Å². The van der Waals surface area contributed by atoms with Crippen LogP contribution in [0.1, 0.15) is 37.3 Å². The fourth-order valence-electron chi connectivity index (χ4n) is 2.44. The molecule has 0 heterocycles. The van der Waals surface area contributed by atoms with E-state index in [9.17, 15) is 8.42 Å². The first-order chi connectivity index (χ1) is 9.92. The van der Waals surface area contributed by atoms with Gasteiger partial charge in [-0.1, -0.05) is 18.8 Å². The van der Waals surface area contributed by atoms with Crippen LogP contribution in [0.5, 0.6) is 0 Å². The second-order valence-electron chi connectivity index (χ2n) is 5.65. The van der Waals surface area contributed by atoms with Crippen molar-refractivity contribution in [2.24, 2.45) is 5.92 Å². The van der Waals surface area contributed by atoms with Crippen LogP contribution in [0.15, 0.2) is 23.1 Å². The number of hydrogen-bond acceptors (Lipinski definition) is 3. The maximum atomic E-state index is 12.3. The van der Waals surface area contributed by atoms with Crippen LogP contribution < -0.4 is 4.72 Å². The van der Waals surface area contributed by atoms with E-state index in [4.69, 9.17) is 5.11 Å². The summed E-state index contributed by atoms with van der Waals surface area (Å²) in [5.74, 6) is 6.38. The van der Waals surface area contributed by atoms with Gasteiger partial charge in [-0.05, 0) is 49.4 Å². The minimum atomic E-state index is -3.45. The van der Waals surface area contributed by atoms with Crippen LogP contribution in [0.2, 0.25) is 0 Å². The molecule has 1 aromatic carbocycles. The van der Waals surface area contributed by atoms with Crippen LogP contribution in [0.3, 0.4) is 0 Å². The van der Waals surface area contributed by atoms with Crippen LogP contribution in [0, 0.1) is 24.7 Å². The van der Waals surface area contributed by atoms with Crippen LogP contribution >= 0.6 is 0 Å². The minimum Gasteiger partial charge on any atom is -0.395 e. The van der Waals surface area contributed by atoms with Crippen molar-refractivity contribution in [3.8, 4) is 11.8 Å². The fraction of sp³-hybridized carbons (Fsp3) is 0.500. The lowest BCUT2D eigenvalue weighted by molar-refractivity contribution is 0.270. The van der Waals surface area contributed by atoms with Crippen molar-refractivity contribution in [3.05, 3.63) is 29.3 Å². The molecule has 114 valence electrons. The van der Waals surface area contributed by atoms with Crippen LogP contribution in [0.4, 0.5) is 0 Å². The highest BCUT2D eigenvalue weighted by atomic mass is 32.2. The van der Waals surface area contributed by atoms with Crippen molar-refractivity contribution in [2.45, 2.75) is 44.0 Å². The van der Waals surface area contributed by atoms with Crippen molar-refractivity contribution in [1.29, 1.82) is 0 Å². The summed E-state index contributed by atoms with van der Waals surface area (Å²) in [5, 5.41) is 8.71. The molecule has 21 heavy (non-hydrogen) atoms. The Balaban J connectivity index is 2.14. The Morgan fingerprint density at radius 2 is 2.10 bits per heavy atom. The Morgan fingerprint density at radius 1 is 1.38 bits per heavy atom. The predicted molar refractivity (Wildman–Crippen MR) is 82.3 cm³/mol. The van der Waals surface area contributed by atoms with E-state index in [-0.39, 0.29) is 17.5 Å². The number of aliphatic hydroxyl groups is 1. The molecule has 0 unspecified atom stereocenters. The van der Waals surface area contributed by atoms with Crippen LogP contribution in [0.25, 0.3) is 0 Å². The molecule has 0 atom stereocenters. The Labute approximate surface area is 126 Å². The zero-order valence-electron chi connectivity index (χ0n) is 12.4. The molecule has 4 nitrogen and oxygen atoms in total. The summed E-state index contributed by atoms with van der Waals surface area (Å²) in [5.41, 5.74) is 1.62. The highest BCUT2D eigenvalue weighted by Crippen LogP contribution is 2.28. The lowest BCUT2D eigenvalue weighted by atomic mass is 9.83. The fourth-order valence-corrected chi connectivity index (χ4v) is 3.79. The second kappa shape index (κ2) is 6.61. The van der Waals surface area contributed by atoms with E-state index in [0.29, 0.717) is 12.3 Å².